The fourth-order valence-electron chi connectivity index (χ4n) is 5.02. The van der Waals surface area contributed by atoms with Crippen LogP contribution in [-0.2, 0) is 6.54 Å². The van der Waals surface area contributed by atoms with Gasteiger partial charge in [0, 0.05) is 31.4 Å². The van der Waals surface area contributed by atoms with Crippen LogP contribution in [0.3, 0.4) is 0 Å². The third kappa shape index (κ3) is 4.50. The molecule has 12 heteroatoms. The molecule has 0 radical (unpaired) electrons. The molecule has 7 nitrogen and oxygen atoms in total. The van der Waals surface area contributed by atoms with E-state index in [4.69, 9.17) is 16.4 Å². The van der Waals surface area contributed by atoms with E-state index in [0.717, 1.165) is 41.1 Å². The maximum Gasteiger partial charge on any atom is 0.296 e. The van der Waals surface area contributed by atoms with E-state index in [1.165, 1.54) is 0 Å². The van der Waals surface area contributed by atoms with Crippen molar-refractivity contribution >= 4 is 34.3 Å². The molecule has 4 heterocycles. The van der Waals surface area contributed by atoms with Gasteiger partial charge in [-0.1, -0.05) is 53.7 Å². The van der Waals surface area contributed by atoms with Gasteiger partial charge in [0.2, 0.25) is 11.3 Å². The zero-order chi connectivity index (χ0) is 24.7. The molecule has 0 aliphatic carbocycles. The number of benzene rings is 1. The van der Waals surface area contributed by atoms with E-state index in [2.05, 4.69) is 20.2 Å². The first kappa shape index (κ1) is 24.4. The summed E-state index contributed by atoms with van der Waals surface area (Å²) in [4.78, 5) is 28.8. The summed E-state index contributed by atoms with van der Waals surface area (Å²) in [5.74, 6) is -0.948. The fourth-order valence-corrected chi connectivity index (χ4v) is 5.64. The van der Waals surface area contributed by atoms with Crippen LogP contribution in [-0.4, -0.2) is 63.1 Å². The number of piperazine rings is 1. The molecule has 2 saturated heterocycles. The lowest BCUT2D eigenvalue weighted by molar-refractivity contribution is -0.108. The number of nitrogens with one attached hydrogen (secondary N) is 1. The number of nitrogens with zero attached hydrogens (tertiary/aromatic N) is 4. The quantitative estimate of drug-likeness (QED) is 0.288. The van der Waals surface area contributed by atoms with Gasteiger partial charge in [0.05, 0.1) is 11.4 Å². The molecule has 35 heavy (non-hydrogen) atoms. The van der Waals surface area contributed by atoms with Crippen LogP contribution in [0.25, 0.3) is 10.9 Å². The molecule has 3 aromatic rings. The van der Waals surface area contributed by atoms with E-state index in [9.17, 15) is 18.0 Å². The standard InChI is InChI=1S/C23H23ClF3N5O2S/c1-35-23-30-17-14(10-29-20(24)16(17)25)22(33)32(23)34-19(21(26)27)18-15-8-7-13(9-28-18)31(15)11-12-5-3-2-4-6-12/h2-6,10,13,15,18-19,21,28H,7-9,11H2,1H3. The van der Waals surface area contributed by atoms with Crippen molar-refractivity contribution in [1.29, 1.82) is 0 Å². The molecule has 2 fully saturated rings. The molecule has 5 rings (SSSR count). The largest absolute Gasteiger partial charge is 0.397 e. The summed E-state index contributed by atoms with van der Waals surface area (Å²) in [7, 11) is 0. The average Bonchev–Trinajstić information content (AvgIpc) is 3.11. The van der Waals surface area contributed by atoms with Gasteiger partial charge in [-0.05, 0) is 24.7 Å². The smallest absolute Gasteiger partial charge is 0.296 e. The molecule has 0 saturated carbocycles. The Hall–Kier alpha value is -2.34. The van der Waals surface area contributed by atoms with Crippen LogP contribution in [0.2, 0.25) is 5.15 Å². The maximum atomic E-state index is 14.4. The summed E-state index contributed by atoms with van der Waals surface area (Å²) in [5, 5.41) is 2.53. The number of aromatic nitrogens is 3. The van der Waals surface area contributed by atoms with Crippen molar-refractivity contribution in [2.45, 2.75) is 55.2 Å². The minimum Gasteiger partial charge on any atom is -0.397 e. The SMILES string of the molecule is CSc1nc2c(F)c(Cl)ncc2c(=O)n1OC(C(F)F)C1NCC2CCC1N2Cc1ccccc1. The highest BCUT2D eigenvalue weighted by molar-refractivity contribution is 7.98. The molecule has 1 aromatic carbocycles. The van der Waals surface area contributed by atoms with Crippen molar-refractivity contribution in [2.24, 2.45) is 0 Å². The first-order valence-electron chi connectivity index (χ1n) is 11.2. The average molecular weight is 526 g/mol. The highest BCUT2D eigenvalue weighted by Crippen LogP contribution is 2.34. The number of alkyl halides is 2. The van der Waals surface area contributed by atoms with Crippen molar-refractivity contribution in [3.05, 3.63) is 63.4 Å². The second kappa shape index (κ2) is 9.96. The molecule has 4 unspecified atom stereocenters. The molecular weight excluding hydrogens is 503 g/mol. The van der Waals surface area contributed by atoms with Crippen LogP contribution in [0.15, 0.2) is 46.5 Å². The number of halogens is 4. The molecule has 2 aliphatic rings. The van der Waals surface area contributed by atoms with E-state index in [1.54, 1.807) is 6.26 Å². The molecule has 2 bridgehead atoms. The summed E-state index contributed by atoms with van der Waals surface area (Å²) < 4.78 is 44.0. The Bertz CT molecular complexity index is 1280. The maximum absolute atomic E-state index is 14.4. The van der Waals surface area contributed by atoms with E-state index < -0.39 is 35.1 Å². The van der Waals surface area contributed by atoms with Crippen molar-refractivity contribution in [2.75, 3.05) is 12.8 Å². The predicted octanol–water partition coefficient (Wildman–Crippen LogP) is 3.37. The number of fused-ring (bicyclic) bond motifs is 3. The molecule has 0 spiro atoms. The monoisotopic (exact) mass is 525 g/mol. The molecule has 0 amide bonds. The fraction of sp³-hybridized carbons (Fsp3) is 0.435. The van der Waals surface area contributed by atoms with E-state index in [1.807, 2.05) is 30.3 Å². The van der Waals surface area contributed by atoms with Crippen LogP contribution in [0, 0.1) is 5.82 Å². The highest BCUT2D eigenvalue weighted by Gasteiger charge is 2.48. The summed E-state index contributed by atoms with van der Waals surface area (Å²) >= 11 is 6.70. The van der Waals surface area contributed by atoms with Gasteiger partial charge in [-0.15, -0.1) is 4.73 Å². The first-order valence-corrected chi connectivity index (χ1v) is 12.8. The third-order valence-electron chi connectivity index (χ3n) is 6.66. The van der Waals surface area contributed by atoms with Crippen LogP contribution in [0.5, 0.6) is 0 Å². The number of hydrogen-bond acceptors (Lipinski definition) is 7. The number of pyridine rings is 1. The Kier molecular flexibility index (Phi) is 6.93. The lowest BCUT2D eigenvalue weighted by Gasteiger charge is -2.43. The minimum atomic E-state index is -2.89. The second-order valence-corrected chi connectivity index (χ2v) is 9.75. The van der Waals surface area contributed by atoms with E-state index in [-0.39, 0.29) is 28.1 Å². The summed E-state index contributed by atoms with van der Waals surface area (Å²) in [5.41, 5.74) is -0.00190. The third-order valence-corrected chi connectivity index (χ3v) is 7.55. The molecule has 2 aliphatic heterocycles. The molecule has 1 N–H and O–H groups in total. The summed E-state index contributed by atoms with van der Waals surface area (Å²) in [6.07, 6.45) is -0.246. The molecule has 4 atom stereocenters. The Morgan fingerprint density at radius 2 is 2.06 bits per heavy atom. The Balaban J connectivity index is 1.48. The first-order chi connectivity index (χ1) is 16.9. The lowest BCUT2D eigenvalue weighted by atomic mass is 9.98. The van der Waals surface area contributed by atoms with Gasteiger partial charge < -0.3 is 10.2 Å². The zero-order valence-corrected chi connectivity index (χ0v) is 20.3. The Morgan fingerprint density at radius 1 is 1.29 bits per heavy atom. The predicted molar refractivity (Wildman–Crippen MR) is 128 cm³/mol. The second-order valence-electron chi connectivity index (χ2n) is 8.62. The van der Waals surface area contributed by atoms with Gasteiger partial charge in [-0.3, -0.25) is 9.69 Å². The normalized spacial score (nSPS) is 23.2. The molecule has 2 aromatic heterocycles. The highest BCUT2D eigenvalue weighted by atomic mass is 35.5. The van der Waals surface area contributed by atoms with Gasteiger partial charge >= 0.3 is 0 Å². The van der Waals surface area contributed by atoms with Crippen molar-refractivity contribution in [3.63, 3.8) is 0 Å². The molecular formula is C23H23ClF3N5O2S. The number of hydrogen-bond donors (Lipinski definition) is 1. The summed E-state index contributed by atoms with van der Waals surface area (Å²) in [6.45, 7) is 1.18. The van der Waals surface area contributed by atoms with Gasteiger partial charge in [-0.25, -0.2) is 23.1 Å². The lowest BCUT2D eigenvalue weighted by Crippen LogP contribution is -2.65. The van der Waals surface area contributed by atoms with Gasteiger partial charge in [-0.2, -0.15) is 0 Å². The van der Waals surface area contributed by atoms with Crippen molar-refractivity contribution in [1.82, 2.24) is 24.9 Å². The minimum absolute atomic E-state index is 0.0597. The Labute approximate surface area is 208 Å². The van der Waals surface area contributed by atoms with Crippen LogP contribution in [0.1, 0.15) is 18.4 Å². The van der Waals surface area contributed by atoms with Crippen LogP contribution in [0.4, 0.5) is 13.2 Å². The zero-order valence-electron chi connectivity index (χ0n) is 18.7. The van der Waals surface area contributed by atoms with Crippen molar-refractivity contribution in [3.8, 4) is 0 Å². The topological polar surface area (TPSA) is 72.3 Å². The molecule has 186 valence electrons. The van der Waals surface area contributed by atoms with E-state index in [0.29, 0.717) is 13.1 Å². The summed E-state index contributed by atoms with van der Waals surface area (Å²) in [6, 6.07) is 9.19. The van der Waals surface area contributed by atoms with Crippen LogP contribution >= 0.6 is 23.4 Å². The van der Waals surface area contributed by atoms with Crippen molar-refractivity contribution < 1.29 is 18.0 Å². The van der Waals surface area contributed by atoms with Gasteiger partial charge in [0.1, 0.15) is 5.52 Å². The Morgan fingerprint density at radius 3 is 2.77 bits per heavy atom. The number of rotatable bonds is 7. The van der Waals surface area contributed by atoms with Gasteiger partial charge in [0.15, 0.2) is 11.0 Å². The number of thioether (sulfide) groups is 1. The van der Waals surface area contributed by atoms with Crippen LogP contribution < -0.4 is 15.7 Å². The van der Waals surface area contributed by atoms with E-state index >= 15 is 0 Å². The van der Waals surface area contributed by atoms with Gasteiger partial charge in [0.25, 0.3) is 12.0 Å².